The Bertz CT molecular complexity index is 802. The molecule has 0 aliphatic heterocycles. The van der Waals surface area contributed by atoms with Gasteiger partial charge in [-0.25, -0.2) is 4.79 Å². The number of ketones is 1. The summed E-state index contributed by atoms with van der Waals surface area (Å²) in [5.41, 5.74) is 2.06. The number of furan rings is 1. The summed E-state index contributed by atoms with van der Waals surface area (Å²) in [6.45, 7) is 5.80. The number of likely N-dealkylation sites (N-methyl/N-ethyl adjacent to an activating group) is 1. The Hall–Kier alpha value is -2.83. The molecule has 0 bridgehead atoms. The van der Waals surface area contributed by atoms with Crippen molar-refractivity contribution in [3.8, 4) is 0 Å². The van der Waals surface area contributed by atoms with Gasteiger partial charge in [-0.1, -0.05) is 0 Å². The van der Waals surface area contributed by atoms with E-state index in [1.54, 1.807) is 30.5 Å². The van der Waals surface area contributed by atoms with Gasteiger partial charge in [0.1, 0.15) is 5.69 Å². The number of esters is 1. The SMILES string of the molecule is CCn1c(C)c(C(=O)CN(C)C(=O)c2ccco2)c(C)c1C(=O)OC. The number of rotatable bonds is 6. The van der Waals surface area contributed by atoms with E-state index in [1.807, 2.05) is 6.92 Å². The predicted octanol–water partition coefficient (Wildman–Crippen LogP) is 2.46. The van der Waals surface area contributed by atoms with Gasteiger partial charge in [-0.2, -0.15) is 0 Å². The Morgan fingerprint density at radius 3 is 2.48 bits per heavy atom. The van der Waals surface area contributed by atoms with Gasteiger partial charge in [0.2, 0.25) is 0 Å². The molecule has 0 aliphatic carbocycles. The Labute approximate surface area is 146 Å². The van der Waals surface area contributed by atoms with Crippen LogP contribution >= 0.6 is 0 Å². The maximum absolute atomic E-state index is 12.8. The first-order valence-electron chi connectivity index (χ1n) is 7.93. The number of hydrogen-bond donors (Lipinski definition) is 0. The molecule has 7 heteroatoms. The zero-order valence-electron chi connectivity index (χ0n) is 15.1. The van der Waals surface area contributed by atoms with E-state index in [0.717, 1.165) is 0 Å². The lowest BCUT2D eigenvalue weighted by Crippen LogP contribution is -2.32. The molecule has 0 aliphatic rings. The minimum atomic E-state index is -0.485. The lowest BCUT2D eigenvalue weighted by atomic mass is 10.1. The van der Waals surface area contributed by atoms with Crippen molar-refractivity contribution >= 4 is 17.7 Å². The normalized spacial score (nSPS) is 10.6. The Balaban J connectivity index is 2.32. The molecular weight excluding hydrogens is 324 g/mol. The van der Waals surface area contributed by atoms with E-state index >= 15 is 0 Å². The molecule has 2 aromatic heterocycles. The van der Waals surface area contributed by atoms with Gasteiger partial charge in [-0.05, 0) is 38.5 Å². The van der Waals surface area contributed by atoms with Crippen molar-refractivity contribution in [2.45, 2.75) is 27.3 Å². The van der Waals surface area contributed by atoms with E-state index in [0.29, 0.717) is 29.1 Å². The first kappa shape index (κ1) is 18.5. The van der Waals surface area contributed by atoms with E-state index in [1.165, 1.54) is 25.3 Å². The molecule has 7 nitrogen and oxygen atoms in total. The zero-order valence-corrected chi connectivity index (χ0v) is 15.1. The molecule has 0 atom stereocenters. The third-order valence-electron chi connectivity index (χ3n) is 4.20. The summed E-state index contributed by atoms with van der Waals surface area (Å²) in [4.78, 5) is 38.3. The number of carbonyl (C=O) groups is 3. The van der Waals surface area contributed by atoms with Gasteiger partial charge >= 0.3 is 5.97 Å². The molecule has 134 valence electrons. The average Bonchev–Trinajstić information content (AvgIpc) is 3.19. The molecule has 0 fully saturated rings. The summed E-state index contributed by atoms with van der Waals surface area (Å²) in [7, 11) is 2.84. The van der Waals surface area contributed by atoms with Gasteiger partial charge in [0, 0.05) is 24.8 Å². The first-order chi connectivity index (χ1) is 11.8. The monoisotopic (exact) mass is 346 g/mol. The highest BCUT2D eigenvalue weighted by molar-refractivity contribution is 6.05. The molecule has 2 heterocycles. The second kappa shape index (κ2) is 7.38. The third-order valence-corrected chi connectivity index (χ3v) is 4.20. The summed E-state index contributed by atoms with van der Waals surface area (Å²) < 4.78 is 11.7. The number of aromatic nitrogens is 1. The first-order valence-corrected chi connectivity index (χ1v) is 7.93. The van der Waals surface area contributed by atoms with Crippen molar-refractivity contribution in [2.75, 3.05) is 20.7 Å². The third kappa shape index (κ3) is 3.35. The molecular formula is C18H22N2O5. The van der Waals surface area contributed by atoms with Crippen LogP contribution in [0.5, 0.6) is 0 Å². The molecule has 2 rings (SSSR count). The number of nitrogens with zero attached hydrogens (tertiary/aromatic N) is 2. The van der Waals surface area contributed by atoms with Crippen LogP contribution in [0.15, 0.2) is 22.8 Å². The molecule has 2 aromatic rings. The van der Waals surface area contributed by atoms with Crippen LogP contribution in [-0.2, 0) is 11.3 Å². The summed E-state index contributed by atoms with van der Waals surface area (Å²) in [6.07, 6.45) is 1.40. The fraction of sp³-hybridized carbons (Fsp3) is 0.389. The molecule has 25 heavy (non-hydrogen) atoms. The fourth-order valence-electron chi connectivity index (χ4n) is 3.02. The summed E-state index contributed by atoms with van der Waals surface area (Å²) >= 11 is 0. The van der Waals surface area contributed by atoms with E-state index < -0.39 is 5.97 Å². The molecule has 0 unspecified atom stereocenters. The zero-order chi connectivity index (χ0) is 18.7. The van der Waals surface area contributed by atoms with Crippen LogP contribution in [0.25, 0.3) is 0 Å². The molecule has 0 aromatic carbocycles. The lowest BCUT2D eigenvalue weighted by Gasteiger charge is -2.15. The molecule has 0 N–H and O–H groups in total. The largest absolute Gasteiger partial charge is 0.464 e. The van der Waals surface area contributed by atoms with Gasteiger partial charge in [-0.15, -0.1) is 0 Å². The number of hydrogen-bond acceptors (Lipinski definition) is 5. The van der Waals surface area contributed by atoms with Crippen LogP contribution in [0.1, 0.15) is 49.6 Å². The number of amides is 1. The fourth-order valence-corrected chi connectivity index (χ4v) is 3.02. The highest BCUT2D eigenvalue weighted by Crippen LogP contribution is 2.24. The maximum atomic E-state index is 12.8. The van der Waals surface area contributed by atoms with Crippen LogP contribution < -0.4 is 0 Å². The second-order valence-corrected chi connectivity index (χ2v) is 5.73. The smallest absolute Gasteiger partial charge is 0.354 e. The van der Waals surface area contributed by atoms with Crippen molar-refractivity contribution in [2.24, 2.45) is 0 Å². The van der Waals surface area contributed by atoms with Crippen LogP contribution in [0.4, 0.5) is 0 Å². The van der Waals surface area contributed by atoms with Crippen LogP contribution in [0, 0.1) is 13.8 Å². The van der Waals surface area contributed by atoms with Gasteiger partial charge in [-0.3, -0.25) is 9.59 Å². The molecule has 0 spiro atoms. The summed E-state index contributed by atoms with van der Waals surface area (Å²) in [5.74, 6) is -0.932. The van der Waals surface area contributed by atoms with E-state index in [-0.39, 0.29) is 24.0 Å². The number of ether oxygens (including phenoxy) is 1. The van der Waals surface area contributed by atoms with E-state index in [4.69, 9.17) is 9.15 Å². The number of methoxy groups -OCH3 is 1. The van der Waals surface area contributed by atoms with Crippen LogP contribution in [-0.4, -0.2) is 47.8 Å². The lowest BCUT2D eigenvalue weighted by molar-refractivity contribution is 0.0587. The Morgan fingerprint density at radius 2 is 1.96 bits per heavy atom. The van der Waals surface area contributed by atoms with Gasteiger partial charge in [0.15, 0.2) is 11.5 Å². The predicted molar refractivity (Wildman–Crippen MR) is 90.9 cm³/mol. The molecule has 0 radical (unpaired) electrons. The van der Waals surface area contributed by atoms with Gasteiger partial charge < -0.3 is 18.6 Å². The van der Waals surface area contributed by atoms with E-state index in [9.17, 15) is 14.4 Å². The topological polar surface area (TPSA) is 81.8 Å². The quantitative estimate of drug-likeness (QED) is 0.593. The average molecular weight is 346 g/mol. The van der Waals surface area contributed by atoms with Crippen LogP contribution in [0.3, 0.4) is 0 Å². The van der Waals surface area contributed by atoms with Crippen LogP contribution in [0.2, 0.25) is 0 Å². The minimum Gasteiger partial charge on any atom is -0.464 e. The number of carbonyl (C=O) groups excluding carboxylic acids is 3. The van der Waals surface area contributed by atoms with E-state index in [2.05, 4.69) is 0 Å². The summed E-state index contributed by atoms with van der Waals surface area (Å²) in [5, 5.41) is 0. The highest BCUT2D eigenvalue weighted by Gasteiger charge is 2.27. The van der Waals surface area contributed by atoms with Crippen molar-refractivity contribution in [1.29, 1.82) is 0 Å². The van der Waals surface area contributed by atoms with Crippen molar-refractivity contribution in [3.05, 3.63) is 46.7 Å². The van der Waals surface area contributed by atoms with Crippen molar-refractivity contribution in [3.63, 3.8) is 0 Å². The molecule has 1 amide bonds. The Kier molecular flexibility index (Phi) is 5.46. The molecule has 0 saturated heterocycles. The molecule has 0 saturated carbocycles. The minimum absolute atomic E-state index is 0.116. The standard InChI is InChI=1S/C18H22N2O5/c1-6-20-12(3)15(11(2)16(20)18(23)24-5)13(21)10-19(4)17(22)14-8-7-9-25-14/h7-9H,6,10H2,1-5H3. The number of Topliss-reactive ketones (excluding diaryl/α,β-unsaturated/α-hetero) is 1. The summed E-state index contributed by atoms with van der Waals surface area (Å²) in [6, 6.07) is 3.16. The Morgan fingerprint density at radius 1 is 1.28 bits per heavy atom. The van der Waals surface area contributed by atoms with Gasteiger partial charge in [0.05, 0.1) is 19.9 Å². The van der Waals surface area contributed by atoms with Crippen molar-refractivity contribution in [1.82, 2.24) is 9.47 Å². The maximum Gasteiger partial charge on any atom is 0.354 e. The van der Waals surface area contributed by atoms with Crippen molar-refractivity contribution < 1.29 is 23.5 Å². The highest BCUT2D eigenvalue weighted by atomic mass is 16.5. The van der Waals surface area contributed by atoms with Gasteiger partial charge in [0.25, 0.3) is 5.91 Å². The second-order valence-electron chi connectivity index (χ2n) is 5.73.